The van der Waals surface area contributed by atoms with Crippen molar-refractivity contribution in [2.45, 2.75) is 22.0 Å². The Morgan fingerprint density at radius 1 is 0.424 bits per heavy atom. The SMILES string of the molecule is O=S(=O)(O)C(F)(F)F.O=S(=O)([O-])C(F)(F)F.O=S(=O)([O-])C(F)(F)F.O=S(=O)([O-])C(F)(F)F.[Al+3]. The van der Waals surface area contributed by atoms with Crippen LogP contribution in [0.4, 0.5) is 52.7 Å². The standard InChI is InChI=1S/4CHF3O3S.Al/c4*2-1(3,4)8(5,6)7;/h4*(H,5,6,7);/q;;;;+3/p-3. The van der Waals surface area contributed by atoms with Crippen molar-refractivity contribution in [3.05, 3.63) is 0 Å². The van der Waals surface area contributed by atoms with Crippen molar-refractivity contribution in [2.24, 2.45) is 0 Å². The van der Waals surface area contributed by atoms with Gasteiger partial charge in [0.15, 0.2) is 30.4 Å². The average molecular weight is 624 g/mol. The van der Waals surface area contributed by atoms with Crippen LogP contribution in [0.2, 0.25) is 0 Å². The Bertz CT molecular complexity index is 828. The molecule has 0 aliphatic rings. The molecule has 0 rings (SSSR count). The van der Waals surface area contributed by atoms with Crippen LogP contribution in [-0.2, 0) is 40.5 Å². The van der Waals surface area contributed by atoms with Crippen molar-refractivity contribution in [1.29, 1.82) is 0 Å². The van der Waals surface area contributed by atoms with Gasteiger partial charge in [-0.1, -0.05) is 0 Å². The third-order valence-corrected chi connectivity index (χ3v) is 3.43. The molecule has 0 aromatic rings. The van der Waals surface area contributed by atoms with E-state index in [0.717, 1.165) is 0 Å². The molecule has 33 heavy (non-hydrogen) atoms. The van der Waals surface area contributed by atoms with E-state index in [0.29, 0.717) is 0 Å². The maximum Gasteiger partial charge on any atom is 3.00 e. The summed E-state index contributed by atoms with van der Waals surface area (Å²) < 4.78 is 234. The second kappa shape index (κ2) is 12.9. The molecular formula is C4HAlF12O12S4. The largest absolute Gasteiger partial charge is 3.00 e. The topological polar surface area (TPSA) is 226 Å². The third kappa shape index (κ3) is 21.6. The molecule has 200 valence electrons. The molecule has 29 heteroatoms. The summed E-state index contributed by atoms with van der Waals surface area (Å²) in [5, 5.41) is 0. The van der Waals surface area contributed by atoms with E-state index in [1.54, 1.807) is 0 Å². The van der Waals surface area contributed by atoms with Crippen LogP contribution in [0.15, 0.2) is 0 Å². The van der Waals surface area contributed by atoms with E-state index in [1.807, 2.05) is 0 Å². The van der Waals surface area contributed by atoms with Crippen LogP contribution in [-0.4, -0.2) is 91.3 Å². The molecule has 0 heterocycles. The van der Waals surface area contributed by atoms with Crippen molar-refractivity contribution in [2.75, 3.05) is 0 Å². The van der Waals surface area contributed by atoms with E-state index in [9.17, 15) is 52.7 Å². The van der Waals surface area contributed by atoms with Gasteiger partial charge in [-0.25, -0.2) is 25.3 Å². The first-order chi connectivity index (χ1) is 13.0. The molecule has 0 spiro atoms. The van der Waals surface area contributed by atoms with Crippen LogP contribution in [0.5, 0.6) is 0 Å². The molecule has 1 N–H and O–H groups in total. The molecule has 0 saturated heterocycles. The summed E-state index contributed by atoms with van der Waals surface area (Å²) in [6.07, 6.45) is 0. The summed E-state index contributed by atoms with van der Waals surface area (Å²) >= 11 is 0. The summed E-state index contributed by atoms with van der Waals surface area (Å²) in [4.78, 5) is 0. The predicted octanol–water partition coefficient (Wildman–Crippen LogP) is 0.167. The molecule has 0 unspecified atom stereocenters. The van der Waals surface area contributed by atoms with Gasteiger partial charge in [0.25, 0.3) is 0 Å². The van der Waals surface area contributed by atoms with E-state index in [1.165, 1.54) is 0 Å². The first-order valence-electron chi connectivity index (χ1n) is 5.10. The maximum atomic E-state index is 10.7. The fraction of sp³-hybridized carbons (Fsp3) is 1.00. The van der Waals surface area contributed by atoms with Gasteiger partial charge in [0.05, 0.1) is 0 Å². The van der Waals surface area contributed by atoms with Crippen molar-refractivity contribution in [3.63, 3.8) is 0 Å². The fourth-order valence-corrected chi connectivity index (χ4v) is 0. The van der Waals surface area contributed by atoms with Crippen LogP contribution in [0, 0.1) is 0 Å². The van der Waals surface area contributed by atoms with Gasteiger partial charge in [0, 0.05) is 0 Å². The average Bonchev–Trinajstić information content (AvgIpc) is 2.30. The molecule has 0 saturated carbocycles. The zero-order chi connectivity index (χ0) is 28.0. The Balaban J connectivity index is -0.000000105. The Labute approximate surface area is 184 Å². The van der Waals surface area contributed by atoms with Gasteiger partial charge in [0.1, 0.15) is 0 Å². The van der Waals surface area contributed by atoms with E-state index < -0.39 is 62.5 Å². The summed E-state index contributed by atoms with van der Waals surface area (Å²) in [6, 6.07) is 0. The Morgan fingerprint density at radius 2 is 0.485 bits per heavy atom. The van der Waals surface area contributed by atoms with E-state index >= 15 is 0 Å². The van der Waals surface area contributed by atoms with Gasteiger partial charge >= 0.3 is 49.5 Å². The van der Waals surface area contributed by atoms with Gasteiger partial charge in [-0.15, -0.1) is 0 Å². The molecule has 0 aliphatic carbocycles. The normalized spacial score (nSPS) is 13.6. The Kier molecular flexibility index (Phi) is 16.6. The number of halogens is 12. The minimum atomic E-state index is -6.09. The third-order valence-electron chi connectivity index (χ3n) is 1.14. The van der Waals surface area contributed by atoms with Gasteiger partial charge < -0.3 is 13.7 Å². The van der Waals surface area contributed by atoms with Crippen LogP contribution in [0.25, 0.3) is 0 Å². The van der Waals surface area contributed by atoms with E-state index in [4.69, 9.17) is 51.9 Å². The molecule has 0 aromatic heterocycles. The summed E-state index contributed by atoms with van der Waals surface area (Å²) in [7, 11) is -24.1. The molecule has 0 aliphatic heterocycles. The maximum absolute atomic E-state index is 10.7. The number of hydrogen-bond acceptors (Lipinski definition) is 11. The molecule has 0 amide bonds. The number of hydrogen-bond donors (Lipinski definition) is 1. The molecule has 12 nitrogen and oxygen atoms in total. The minimum Gasteiger partial charge on any atom is -0.741 e. The molecule has 0 atom stereocenters. The predicted molar refractivity (Wildman–Crippen MR) is 70.6 cm³/mol. The zero-order valence-corrected chi connectivity index (χ0v) is 18.1. The smallest absolute Gasteiger partial charge is 0.741 e. The molecule has 0 radical (unpaired) electrons. The molecule has 0 fully saturated rings. The van der Waals surface area contributed by atoms with Crippen molar-refractivity contribution < 1.29 is 105 Å². The van der Waals surface area contributed by atoms with Crippen LogP contribution < -0.4 is 0 Å². The minimum absolute atomic E-state index is 0. The quantitative estimate of drug-likeness (QED) is 0.165. The second-order valence-electron chi connectivity index (χ2n) is 3.62. The van der Waals surface area contributed by atoms with Crippen molar-refractivity contribution in [3.8, 4) is 0 Å². The number of rotatable bonds is 0. The molecule has 0 aromatic carbocycles. The summed E-state index contributed by atoms with van der Waals surface area (Å²) in [5.74, 6) is 0. The monoisotopic (exact) mass is 624 g/mol. The first-order valence-corrected chi connectivity index (χ1v) is 10.8. The van der Waals surface area contributed by atoms with Crippen molar-refractivity contribution >= 4 is 57.8 Å². The van der Waals surface area contributed by atoms with Crippen LogP contribution in [0.3, 0.4) is 0 Å². The van der Waals surface area contributed by atoms with Crippen LogP contribution in [0.1, 0.15) is 0 Å². The molecule has 0 bridgehead atoms. The zero-order valence-electron chi connectivity index (χ0n) is 13.7. The van der Waals surface area contributed by atoms with E-state index in [-0.39, 0.29) is 17.4 Å². The fourth-order valence-electron chi connectivity index (χ4n) is 0. The molecular weight excluding hydrogens is 623 g/mol. The second-order valence-corrected chi connectivity index (χ2v) is 9.15. The summed E-state index contributed by atoms with van der Waals surface area (Å²) in [6.45, 7) is 0. The first kappa shape index (κ1) is 42.5. The summed E-state index contributed by atoms with van der Waals surface area (Å²) in [5.41, 5.74) is -22.5. The van der Waals surface area contributed by atoms with Gasteiger partial charge in [-0.3, -0.25) is 4.55 Å². The van der Waals surface area contributed by atoms with Gasteiger partial charge in [-0.05, 0) is 0 Å². The Morgan fingerprint density at radius 3 is 0.485 bits per heavy atom. The van der Waals surface area contributed by atoms with Crippen molar-refractivity contribution in [1.82, 2.24) is 0 Å². The van der Waals surface area contributed by atoms with Gasteiger partial charge in [0.2, 0.25) is 0 Å². The van der Waals surface area contributed by atoms with Gasteiger partial charge in [-0.2, -0.15) is 61.1 Å². The Hall–Kier alpha value is -0.668. The van der Waals surface area contributed by atoms with Crippen LogP contribution >= 0.6 is 0 Å². The number of alkyl halides is 12. The van der Waals surface area contributed by atoms with E-state index in [2.05, 4.69) is 0 Å².